The molecular weight excluding hydrogens is 240 g/mol. The zero-order valence-electron chi connectivity index (χ0n) is 11.2. The quantitative estimate of drug-likeness (QED) is 0.375. The third-order valence-electron chi connectivity index (χ3n) is 3.38. The van der Waals surface area contributed by atoms with Crippen LogP contribution in [-0.2, 0) is 6.42 Å². The Kier molecular flexibility index (Phi) is 4.44. The normalized spacial score (nSPS) is 12.2. The van der Waals surface area contributed by atoms with Gasteiger partial charge in [0.15, 0.2) is 0 Å². The van der Waals surface area contributed by atoms with E-state index in [-0.39, 0.29) is 0 Å². The monoisotopic (exact) mass is 260 g/mol. The molecule has 0 radical (unpaired) electrons. The topological polar surface area (TPSA) is 57.8 Å². The Hall–Kier alpha value is -1.97. The van der Waals surface area contributed by atoms with Crippen LogP contribution in [0.3, 0.4) is 0 Å². The number of rotatable bonds is 5. The molecule has 102 valence electrons. The van der Waals surface area contributed by atoms with Gasteiger partial charge in [0.25, 0.3) is 0 Å². The van der Waals surface area contributed by atoms with Gasteiger partial charge in [0.1, 0.15) is 5.36 Å². The smallest absolute Gasteiger partial charge is 0.113 e. The molecule has 0 aliphatic heterocycles. The van der Waals surface area contributed by atoms with Gasteiger partial charge in [-0.1, -0.05) is 37.4 Å². The molecule has 2 rings (SSSR count). The number of hydrogen-bond acceptors (Lipinski definition) is 3. The Bertz CT molecular complexity index is 617. The molecule has 0 amide bonds. The van der Waals surface area contributed by atoms with Crippen molar-refractivity contribution in [2.75, 3.05) is 0 Å². The van der Waals surface area contributed by atoms with Crippen LogP contribution in [0, 0.1) is 0 Å². The number of pyridine rings is 1. The van der Waals surface area contributed by atoms with Crippen LogP contribution < -0.4 is 5.36 Å². The molecule has 2 aromatic rings. The highest BCUT2D eigenvalue weighted by molar-refractivity contribution is 5.79. The number of hydrogen-bond donors (Lipinski definition) is 2. The average Bonchev–Trinajstić information content (AvgIpc) is 2.44. The maximum absolute atomic E-state index is 9.72. The van der Waals surface area contributed by atoms with Gasteiger partial charge in [0, 0.05) is 11.6 Å². The predicted molar refractivity (Wildman–Crippen MR) is 74.3 cm³/mol. The molecule has 4 heteroatoms. The highest BCUT2D eigenvalue weighted by Gasteiger charge is 2.03. The molecule has 0 saturated heterocycles. The van der Waals surface area contributed by atoms with Gasteiger partial charge in [-0.05, 0) is 36.6 Å². The molecule has 0 bridgehead atoms. The van der Waals surface area contributed by atoms with E-state index in [0.717, 1.165) is 23.0 Å². The minimum atomic E-state index is 0.482. The first kappa shape index (κ1) is 13.5. The molecular formula is C15H20N2O2. The van der Waals surface area contributed by atoms with E-state index in [4.69, 9.17) is 5.21 Å². The molecule has 0 saturated carbocycles. The molecule has 0 fully saturated rings. The summed E-state index contributed by atoms with van der Waals surface area (Å²) in [6.45, 7) is 2.20. The first-order valence-electron chi connectivity index (χ1n) is 6.78. The molecule has 19 heavy (non-hydrogen) atoms. The van der Waals surface area contributed by atoms with E-state index in [1.165, 1.54) is 31.0 Å². The summed E-state index contributed by atoms with van der Waals surface area (Å²) in [7, 11) is 0. The first-order chi connectivity index (χ1) is 9.26. The molecule has 0 aliphatic carbocycles. The van der Waals surface area contributed by atoms with E-state index in [1.807, 2.05) is 18.2 Å². The summed E-state index contributed by atoms with van der Waals surface area (Å²) in [4.78, 5) is 0. The van der Waals surface area contributed by atoms with Gasteiger partial charge < -0.3 is 10.4 Å². The number of benzene rings is 1. The summed E-state index contributed by atoms with van der Waals surface area (Å²) in [6, 6.07) is 7.45. The summed E-state index contributed by atoms with van der Waals surface area (Å²) in [5, 5.41) is 23.2. The van der Waals surface area contributed by atoms with E-state index in [0.29, 0.717) is 10.9 Å². The standard InChI is InChI=1S/C15H20N2O2/c1-2-3-4-5-6-12-7-8-15-13(11-12)14(16-18)9-10-17(15)19/h7-11,18-19H,2-6H2,1H3/b16-14+. The highest BCUT2D eigenvalue weighted by atomic mass is 16.5. The fraction of sp³-hybridized carbons (Fsp3) is 0.400. The fourth-order valence-corrected chi connectivity index (χ4v) is 2.30. The minimum absolute atomic E-state index is 0.482. The lowest BCUT2D eigenvalue weighted by Crippen LogP contribution is -2.08. The summed E-state index contributed by atoms with van der Waals surface area (Å²) in [6.07, 6.45) is 7.38. The number of aromatic nitrogens is 1. The first-order valence-corrected chi connectivity index (χ1v) is 6.78. The lowest BCUT2D eigenvalue weighted by Gasteiger charge is -2.07. The molecule has 0 spiro atoms. The van der Waals surface area contributed by atoms with E-state index in [9.17, 15) is 5.21 Å². The number of nitrogens with zero attached hydrogens (tertiary/aromatic N) is 2. The number of unbranched alkanes of at least 4 members (excludes halogenated alkanes) is 3. The van der Waals surface area contributed by atoms with Gasteiger partial charge >= 0.3 is 0 Å². The lowest BCUT2D eigenvalue weighted by molar-refractivity contribution is 0.197. The van der Waals surface area contributed by atoms with Gasteiger partial charge in [0.05, 0.1) is 5.52 Å². The van der Waals surface area contributed by atoms with Gasteiger partial charge in [0.2, 0.25) is 0 Å². The van der Waals surface area contributed by atoms with Crippen molar-refractivity contribution in [1.82, 2.24) is 4.73 Å². The van der Waals surface area contributed by atoms with Crippen molar-refractivity contribution in [3.8, 4) is 0 Å². The number of fused-ring (bicyclic) bond motifs is 1. The lowest BCUT2D eigenvalue weighted by atomic mass is 10.0. The van der Waals surface area contributed by atoms with Crippen molar-refractivity contribution in [3.05, 3.63) is 41.4 Å². The zero-order valence-corrected chi connectivity index (χ0v) is 11.2. The van der Waals surface area contributed by atoms with Gasteiger partial charge in [-0.3, -0.25) is 0 Å². The van der Waals surface area contributed by atoms with Crippen LogP contribution in [-0.4, -0.2) is 15.1 Å². The summed E-state index contributed by atoms with van der Waals surface area (Å²) >= 11 is 0. The maximum Gasteiger partial charge on any atom is 0.113 e. The second kappa shape index (κ2) is 6.27. The van der Waals surface area contributed by atoms with Crippen molar-refractivity contribution in [3.63, 3.8) is 0 Å². The molecule has 1 heterocycles. The third kappa shape index (κ3) is 3.08. The SMILES string of the molecule is CCCCCCc1ccc2c(c1)/c(=N/O)ccn2O. The summed E-state index contributed by atoms with van der Waals surface area (Å²) in [5.41, 5.74) is 1.85. The van der Waals surface area contributed by atoms with Crippen molar-refractivity contribution in [1.29, 1.82) is 0 Å². The molecule has 2 N–H and O–H groups in total. The van der Waals surface area contributed by atoms with Crippen molar-refractivity contribution >= 4 is 10.9 Å². The highest BCUT2D eigenvalue weighted by Crippen LogP contribution is 2.14. The van der Waals surface area contributed by atoms with E-state index >= 15 is 0 Å². The molecule has 0 unspecified atom stereocenters. The second-order valence-electron chi connectivity index (χ2n) is 4.81. The van der Waals surface area contributed by atoms with Crippen LogP contribution in [0.25, 0.3) is 10.9 Å². The molecule has 0 atom stereocenters. The van der Waals surface area contributed by atoms with E-state index in [2.05, 4.69) is 12.1 Å². The predicted octanol–water partition coefficient (Wildman–Crippen LogP) is 3.29. The summed E-state index contributed by atoms with van der Waals surface area (Å²) in [5.74, 6) is 0. The van der Waals surface area contributed by atoms with Crippen molar-refractivity contribution in [2.24, 2.45) is 5.16 Å². The second-order valence-corrected chi connectivity index (χ2v) is 4.81. The zero-order chi connectivity index (χ0) is 13.7. The van der Waals surface area contributed by atoms with Crippen molar-refractivity contribution in [2.45, 2.75) is 39.0 Å². The Labute approximate surface area is 112 Å². The minimum Gasteiger partial charge on any atom is -0.428 e. The molecule has 0 aliphatic rings. The fourth-order valence-electron chi connectivity index (χ4n) is 2.30. The Morgan fingerprint density at radius 1 is 1.16 bits per heavy atom. The van der Waals surface area contributed by atoms with Crippen LogP contribution in [0.2, 0.25) is 0 Å². The van der Waals surface area contributed by atoms with Gasteiger partial charge in [-0.2, -0.15) is 4.73 Å². The average molecular weight is 260 g/mol. The Morgan fingerprint density at radius 3 is 2.74 bits per heavy atom. The Balaban J connectivity index is 2.29. The third-order valence-corrected chi connectivity index (χ3v) is 3.38. The van der Waals surface area contributed by atoms with Crippen LogP contribution in [0.5, 0.6) is 0 Å². The van der Waals surface area contributed by atoms with Gasteiger partial charge in [-0.25, -0.2) is 0 Å². The van der Waals surface area contributed by atoms with Crippen molar-refractivity contribution < 1.29 is 10.4 Å². The van der Waals surface area contributed by atoms with E-state index < -0.39 is 0 Å². The summed E-state index contributed by atoms with van der Waals surface area (Å²) < 4.78 is 1.05. The number of aryl methyl sites for hydroxylation is 1. The van der Waals surface area contributed by atoms with Gasteiger partial charge in [-0.15, -0.1) is 0 Å². The van der Waals surface area contributed by atoms with Crippen LogP contribution >= 0.6 is 0 Å². The Morgan fingerprint density at radius 2 is 2.00 bits per heavy atom. The van der Waals surface area contributed by atoms with E-state index in [1.54, 1.807) is 6.07 Å². The van der Waals surface area contributed by atoms with Crippen LogP contribution in [0.1, 0.15) is 38.2 Å². The molecule has 4 nitrogen and oxygen atoms in total. The van der Waals surface area contributed by atoms with Crippen LogP contribution in [0.4, 0.5) is 0 Å². The largest absolute Gasteiger partial charge is 0.428 e. The van der Waals surface area contributed by atoms with Crippen LogP contribution in [0.15, 0.2) is 35.6 Å². The maximum atomic E-state index is 9.72. The molecule has 1 aromatic carbocycles. The molecule has 1 aromatic heterocycles.